The van der Waals surface area contributed by atoms with E-state index in [-0.39, 0.29) is 5.92 Å². The summed E-state index contributed by atoms with van der Waals surface area (Å²) in [4.78, 5) is 6.87. The zero-order valence-corrected chi connectivity index (χ0v) is 23.3. The van der Waals surface area contributed by atoms with Crippen LogP contribution in [0.15, 0.2) is 126 Å². The fourth-order valence-electron chi connectivity index (χ4n) is 4.93. The number of benzene rings is 1. The van der Waals surface area contributed by atoms with E-state index < -0.39 is 0 Å². The van der Waals surface area contributed by atoms with Gasteiger partial charge in [0.2, 0.25) is 0 Å². The second-order valence-electron chi connectivity index (χ2n) is 9.71. The van der Waals surface area contributed by atoms with Crippen molar-refractivity contribution in [2.24, 2.45) is 11.7 Å². The number of nitrogens with zero attached hydrogens (tertiary/aromatic N) is 3. The number of allylic oxidation sites excluding steroid dienone is 11. The van der Waals surface area contributed by atoms with Crippen LogP contribution in [0.2, 0.25) is 0 Å². The van der Waals surface area contributed by atoms with E-state index in [0.29, 0.717) is 0 Å². The highest BCUT2D eigenvalue weighted by Gasteiger charge is 2.19. The molecule has 0 saturated heterocycles. The van der Waals surface area contributed by atoms with Crippen LogP contribution in [0.3, 0.4) is 0 Å². The molecule has 1 atom stereocenters. The lowest BCUT2D eigenvalue weighted by atomic mass is 9.99. The fraction of sp³-hybridized carbons (Fsp3) is 0.229. The molecule has 2 aromatic rings. The van der Waals surface area contributed by atoms with Gasteiger partial charge in [0, 0.05) is 48.2 Å². The second-order valence-corrected chi connectivity index (χ2v) is 9.71. The van der Waals surface area contributed by atoms with Crippen molar-refractivity contribution in [3.63, 3.8) is 0 Å². The van der Waals surface area contributed by atoms with E-state index in [0.717, 1.165) is 65.3 Å². The van der Waals surface area contributed by atoms with Crippen molar-refractivity contribution in [3.8, 4) is 11.8 Å². The molecule has 1 aromatic carbocycles. The van der Waals surface area contributed by atoms with E-state index in [1.807, 2.05) is 37.7 Å². The zero-order valence-electron chi connectivity index (χ0n) is 23.3. The Labute approximate surface area is 233 Å². The van der Waals surface area contributed by atoms with Crippen molar-refractivity contribution in [1.82, 2.24) is 14.5 Å². The molecule has 0 amide bonds. The Hall–Kier alpha value is -4.49. The molecular weight excluding hydrogens is 476 g/mol. The summed E-state index contributed by atoms with van der Waals surface area (Å²) in [6, 6.07) is 8.48. The van der Waals surface area contributed by atoms with E-state index in [1.165, 1.54) is 11.3 Å². The average molecular weight is 515 g/mol. The first-order valence-corrected chi connectivity index (χ1v) is 13.5. The first kappa shape index (κ1) is 27.5. The highest BCUT2D eigenvalue weighted by molar-refractivity contribution is 5.61. The molecule has 2 aliphatic rings. The third-order valence-electron chi connectivity index (χ3n) is 7.25. The Kier molecular flexibility index (Phi) is 9.07. The molecule has 1 heterocycles. The Balaban J connectivity index is 1.62. The molecule has 0 bridgehead atoms. The number of imidazole rings is 1. The van der Waals surface area contributed by atoms with Gasteiger partial charge >= 0.3 is 0 Å². The van der Waals surface area contributed by atoms with E-state index >= 15 is 0 Å². The van der Waals surface area contributed by atoms with Crippen molar-refractivity contribution < 1.29 is 0 Å². The zero-order chi connectivity index (χ0) is 27.8. The van der Waals surface area contributed by atoms with E-state index in [9.17, 15) is 0 Å². The lowest BCUT2D eigenvalue weighted by molar-refractivity contribution is 0.336. The molecule has 0 spiro atoms. The summed E-state index contributed by atoms with van der Waals surface area (Å²) in [5, 5.41) is 0. The van der Waals surface area contributed by atoms with E-state index in [4.69, 9.17) is 5.73 Å². The summed E-state index contributed by atoms with van der Waals surface area (Å²) in [5.74, 6) is 6.72. The van der Waals surface area contributed by atoms with Crippen LogP contribution in [0.4, 0.5) is 0 Å². The minimum atomic E-state index is -0.000843. The van der Waals surface area contributed by atoms with Crippen LogP contribution < -0.4 is 5.73 Å². The molecule has 2 aliphatic carbocycles. The Morgan fingerprint density at radius 3 is 2.69 bits per heavy atom. The average Bonchev–Trinajstić information content (AvgIpc) is 3.21. The maximum atomic E-state index is 6.83. The Bertz CT molecular complexity index is 1470. The first-order valence-electron chi connectivity index (χ1n) is 13.5. The molecule has 198 valence electrons. The van der Waals surface area contributed by atoms with Crippen LogP contribution >= 0.6 is 0 Å². The predicted molar refractivity (Wildman–Crippen MR) is 164 cm³/mol. The van der Waals surface area contributed by atoms with Gasteiger partial charge in [-0.15, -0.1) is 6.58 Å². The molecule has 2 N–H and O–H groups in total. The number of hydrogen-bond donors (Lipinski definition) is 1. The van der Waals surface area contributed by atoms with Gasteiger partial charge in [-0.25, -0.2) is 4.98 Å². The number of hydrogen-bond acceptors (Lipinski definition) is 3. The molecule has 0 saturated carbocycles. The van der Waals surface area contributed by atoms with Crippen LogP contribution in [-0.4, -0.2) is 21.0 Å². The van der Waals surface area contributed by atoms with Crippen molar-refractivity contribution in [1.29, 1.82) is 0 Å². The highest BCUT2D eigenvalue weighted by atomic mass is 15.2. The van der Waals surface area contributed by atoms with Crippen LogP contribution in [0.5, 0.6) is 0 Å². The fourth-order valence-corrected chi connectivity index (χ4v) is 4.93. The maximum Gasteiger partial charge on any atom is 0.0951 e. The second kappa shape index (κ2) is 12.8. The normalized spacial score (nSPS) is 17.3. The lowest BCUT2D eigenvalue weighted by Gasteiger charge is -2.28. The van der Waals surface area contributed by atoms with Gasteiger partial charge in [-0.1, -0.05) is 85.2 Å². The monoisotopic (exact) mass is 514 g/mol. The maximum absolute atomic E-state index is 6.83. The molecule has 0 radical (unpaired) electrons. The molecule has 4 rings (SSSR count). The Morgan fingerprint density at radius 2 is 2.00 bits per heavy atom. The summed E-state index contributed by atoms with van der Waals surface area (Å²) in [5.41, 5.74) is 16.5. The molecular formula is C35H38N4. The molecule has 39 heavy (non-hydrogen) atoms. The number of nitrogens with two attached hydrogens (primary N) is 1. The van der Waals surface area contributed by atoms with Crippen LogP contribution in [0.1, 0.15) is 44.0 Å². The van der Waals surface area contributed by atoms with Gasteiger partial charge in [-0.05, 0) is 49.1 Å². The van der Waals surface area contributed by atoms with Gasteiger partial charge in [0.15, 0.2) is 0 Å². The molecule has 1 unspecified atom stereocenters. The summed E-state index contributed by atoms with van der Waals surface area (Å²) in [6.45, 7) is 16.5. The van der Waals surface area contributed by atoms with Gasteiger partial charge in [0.05, 0.1) is 24.5 Å². The van der Waals surface area contributed by atoms with Gasteiger partial charge in [0.1, 0.15) is 0 Å². The highest BCUT2D eigenvalue weighted by Crippen LogP contribution is 2.30. The molecule has 4 heteroatoms. The van der Waals surface area contributed by atoms with Crippen LogP contribution in [0, 0.1) is 17.8 Å². The third kappa shape index (κ3) is 6.33. The molecule has 0 aliphatic heterocycles. The third-order valence-corrected chi connectivity index (χ3v) is 7.25. The van der Waals surface area contributed by atoms with Crippen molar-refractivity contribution in [2.45, 2.75) is 40.3 Å². The van der Waals surface area contributed by atoms with Crippen LogP contribution in [0.25, 0.3) is 6.08 Å². The quantitative estimate of drug-likeness (QED) is 0.272. The largest absolute Gasteiger partial charge is 0.398 e. The molecule has 0 fully saturated rings. The van der Waals surface area contributed by atoms with Crippen molar-refractivity contribution >= 4 is 6.08 Å². The minimum Gasteiger partial charge on any atom is -0.398 e. The summed E-state index contributed by atoms with van der Waals surface area (Å²) >= 11 is 0. The van der Waals surface area contributed by atoms with Gasteiger partial charge in [0.25, 0.3) is 0 Å². The van der Waals surface area contributed by atoms with Crippen LogP contribution in [-0.2, 0) is 13.1 Å². The molecule has 4 nitrogen and oxygen atoms in total. The van der Waals surface area contributed by atoms with E-state index in [2.05, 4.69) is 108 Å². The van der Waals surface area contributed by atoms with Gasteiger partial charge in [-0.3, -0.25) is 0 Å². The lowest BCUT2D eigenvalue weighted by Crippen LogP contribution is -2.25. The smallest absolute Gasteiger partial charge is 0.0951 e. The SMILES string of the molecule is C=Cc1ccc(Cn2cncc2CN(CC)C2=C(C)C(N)=C(C3=CC=C(/C=C\C)C(C=C)C#C3)C=CC2)cc1. The van der Waals surface area contributed by atoms with Gasteiger partial charge < -0.3 is 15.2 Å². The predicted octanol–water partition coefficient (Wildman–Crippen LogP) is 7.09. The van der Waals surface area contributed by atoms with Gasteiger partial charge in [-0.2, -0.15) is 0 Å². The topological polar surface area (TPSA) is 47.1 Å². The first-order chi connectivity index (χ1) is 19.0. The van der Waals surface area contributed by atoms with Crippen molar-refractivity contribution in [3.05, 3.63) is 143 Å². The summed E-state index contributed by atoms with van der Waals surface area (Å²) < 4.78 is 2.22. The van der Waals surface area contributed by atoms with Crippen molar-refractivity contribution in [2.75, 3.05) is 6.54 Å². The number of rotatable bonds is 10. The Morgan fingerprint density at radius 1 is 1.21 bits per heavy atom. The standard InChI is InChI=1S/C35H38N4/c1-6-11-30-19-21-31(20-18-29(30)8-3)33-12-10-13-34(26(5)35(33)36)38(9-4)24-32-22-37-25-39(32)23-28-16-14-27(7-2)15-17-28/h6-8,10-12,14-17,19,21-22,25,29H,2-3,9,13,23-24,36H2,1,4-5H3/b11-6-. The molecule has 1 aromatic heterocycles. The minimum absolute atomic E-state index is 0.000843. The number of aromatic nitrogens is 2. The summed E-state index contributed by atoms with van der Waals surface area (Å²) in [7, 11) is 0. The van der Waals surface area contributed by atoms with E-state index in [1.54, 1.807) is 0 Å². The summed E-state index contributed by atoms with van der Waals surface area (Å²) in [6.07, 6.45) is 21.1.